The summed E-state index contributed by atoms with van der Waals surface area (Å²) < 4.78 is 5.69. The molecular weight excluding hydrogens is 401 g/mol. The summed E-state index contributed by atoms with van der Waals surface area (Å²) >= 11 is 12.2. The van der Waals surface area contributed by atoms with Crippen molar-refractivity contribution in [2.45, 2.75) is 64.2 Å². The molecule has 0 bridgehead atoms. The van der Waals surface area contributed by atoms with Crippen LogP contribution in [0.15, 0.2) is 18.2 Å². The zero-order valence-electron chi connectivity index (χ0n) is 16.7. The molecule has 2 fully saturated rings. The van der Waals surface area contributed by atoms with Crippen molar-refractivity contribution in [1.82, 2.24) is 4.90 Å². The summed E-state index contributed by atoms with van der Waals surface area (Å²) in [7, 11) is 1.57. The molecule has 1 amide bonds. The highest BCUT2D eigenvalue weighted by Crippen LogP contribution is 2.58. The van der Waals surface area contributed by atoms with Crippen molar-refractivity contribution < 1.29 is 19.4 Å². The number of rotatable bonds is 3. The average molecular weight is 428 g/mol. The van der Waals surface area contributed by atoms with E-state index in [4.69, 9.17) is 27.9 Å². The third kappa shape index (κ3) is 3.53. The molecule has 1 aromatic rings. The fourth-order valence-corrected chi connectivity index (χ4v) is 5.34. The third-order valence-corrected chi connectivity index (χ3v) is 6.47. The smallest absolute Gasteiger partial charge is 0.317 e. The van der Waals surface area contributed by atoms with Crippen LogP contribution in [0.4, 0.5) is 0 Å². The minimum absolute atomic E-state index is 0.169. The number of nitrogens with zero attached hydrogens (tertiary/aromatic N) is 1. The van der Waals surface area contributed by atoms with Crippen molar-refractivity contribution in [2.75, 3.05) is 7.05 Å². The Morgan fingerprint density at radius 1 is 1.25 bits per heavy atom. The number of piperidine rings is 1. The molecule has 0 radical (unpaired) electrons. The number of carbonyl (C=O) groups excluding carboxylic acids is 2. The summed E-state index contributed by atoms with van der Waals surface area (Å²) in [6.45, 7) is 5.41. The van der Waals surface area contributed by atoms with Gasteiger partial charge in [0.15, 0.2) is 5.72 Å². The number of likely N-dealkylation sites (tertiary alicyclic amines) is 1. The fourth-order valence-electron chi connectivity index (χ4n) is 4.77. The van der Waals surface area contributed by atoms with Crippen LogP contribution in [0.3, 0.4) is 0 Å². The Bertz CT molecular complexity index is 786. The molecule has 1 N–H and O–H groups in total. The van der Waals surface area contributed by atoms with Crippen LogP contribution in [0, 0.1) is 11.3 Å². The summed E-state index contributed by atoms with van der Waals surface area (Å²) in [6, 6.07) is 5.25. The Morgan fingerprint density at radius 2 is 1.86 bits per heavy atom. The summed E-state index contributed by atoms with van der Waals surface area (Å²) in [4.78, 5) is 27.0. The summed E-state index contributed by atoms with van der Waals surface area (Å²) in [5, 5.41) is 12.9. The lowest BCUT2D eigenvalue weighted by Crippen LogP contribution is -2.67. The van der Waals surface area contributed by atoms with Crippen LogP contribution in [0.1, 0.15) is 52.0 Å². The highest BCUT2D eigenvalue weighted by molar-refractivity contribution is 6.34. The molecule has 3 atom stereocenters. The number of ether oxygens (including phenoxy) is 1. The lowest BCUT2D eigenvalue weighted by molar-refractivity contribution is -0.231. The molecule has 1 saturated heterocycles. The molecular formula is C21H27Cl2NO4. The van der Waals surface area contributed by atoms with Gasteiger partial charge >= 0.3 is 5.97 Å². The van der Waals surface area contributed by atoms with Crippen LogP contribution in [-0.4, -0.2) is 40.3 Å². The number of benzene rings is 1. The summed E-state index contributed by atoms with van der Waals surface area (Å²) in [5.41, 5.74) is -2.55. The van der Waals surface area contributed by atoms with Gasteiger partial charge in [-0.1, -0.05) is 23.2 Å². The normalized spacial score (nSPS) is 30.3. The summed E-state index contributed by atoms with van der Waals surface area (Å²) in [5.74, 6) is -0.935. The number of hydrogen-bond acceptors (Lipinski definition) is 4. The Morgan fingerprint density at radius 3 is 2.43 bits per heavy atom. The van der Waals surface area contributed by atoms with Gasteiger partial charge in [0.2, 0.25) is 5.91 Å². The van der Waals surface area contributed by atoms with Crippen molar-refractivity contribution >= 4 is 35.1 Å². The van der Waals surface area contributed by atoms with E-state index in [-0.39, 0.29) is 24.7 Å². The van der Waals surface area contributed by atoms with Gasteiger partial charge in [-0.25, -0.2) is 0 Å². The molecule has 3 rings (SSSR count). The molecule has 2 aliphatic rings. The average Bonchev–Trinajstić information content (AvgIpc) is 2.84. The van der Waals surface area contributed by atoms with Gasteiger partial charge in [0, 0.05) is 29.4 Å². The van der Waals surface area contributed by atoms with E-state index in [1.54, 1.807) is 46.0 Å². The van der Waals surface area contributed by atoms with Crippen molar-refractivity contribution in [3.8, 4) is 0 Å². The van der Waals surface area contributed by atoms with E-state index in [0.717, 1.165) is 5.56 Å². The molecule has 1 aliphatic carbocycles. The van der Waals surface area contributed by atoms with E-state index < -0.39 is 22.7 Å². The van der Waals surface area contributed by atoms with Gasteiger partial charge in [-0.05, 0) is 70.2 Å². The van der Waals surface area contributed by atoms with E-state index in [1.807, 2.05) is 0 Å². The van der Waals surface area contributed by atoms with Crippen LogP contribution in [0.5, 0.6) is 0 Å². The molecule has 0 aromatic heterocycles. The van der Waals surface area contributed by atoms with E-state index in [2.05, 4.69) is 0 Å². The molecule has 1 aromatic carbocycles. The minimum Gasteiger partial charge on any atom is -0.459 e. The molecule has 0 spiro atoms. The second kappa shape index (κ2) is 7.19. The zero-order chi connectivity index (χ0) is 20.9. The minimum atomic E-state index is -1.61. The molecule has 28 heavy (non-hydrogen) atoms. The Balaban J connectivity index is 2.00. The van der Waals surface area contributed by atoms with Crippen LogP contribution >= 0.6 is 23.2 Å². The van der Waals surface area contributed by atoms with Crippen LogP contribution in [-0.2, 0) is 20.7 Å². The first kappa shape index (κ1) is 21.4. The molecule has 7 heteroatoms. The second-order valence-corrected chi connectivity index (χ2v) is 9.85. The third-order valence-electron chi connectivity index (χ3n) is 6.04. The first-order chi connectivity index (χ1) is 12.9. The van der Waals surface area contributed by atoms with Crippen molar-refractivity contribution in [1.29, 1.82) is 0 Å². The molecule has 1 heterocycles. The monoisotopic (exact) mass is 427 g/mol. The number of fused-ring (bicyclic) bond motifs is 1. The lowest BCUT2D eigenvalue weighted by atomic mass is 9.69. The topological polar surface area (TPSA) is 66.8 Å². The first-order valence-corrected chi connectivity index (χ1v) is 10.3. The fraction of sp³-hybridized carbons (Fsp3) is 0.619. The Labute approximate surface area is 175 Å². The van der Waals surface area contributed by atoms with Gasteiger partial charge in [0.25, 0.3) is 0 Å². The number of carbonyl (C=O) groups is 2. The highest BCUT2D eigenvalue weighted by Gasteiger charge is 2.69. The van der Waals surface area contributed by atoms with Crippen molar-refractivity contribution in [3.05, 3.63) is 33.8 Å². The Hall–Kier alpha value is -1.30. The van der Waals surface area contributed by atoms with E-state index in [1.165, 1.54) is 4.90 Å². The van der Waals surface area contributed by atoms with E-state index in [9.17, 15) is 14.7 Å². The van der Waals surface area contributed by atoms with E-state index in [0.29, 0.717) is 29.3 Å². The van der Waals surface area contributed by atoms with Crippen molar-refractivity contribution in [2.24, 2.45) is 11.3 Å². The van der Waals surface area contributed by atoms with Gasteiger partial charge in [-0.2, -0.15) is 0 Å². The summed E-state index contributed by atoms with van der Waals surface area (Å²) in [6.07, 6.45) is 2.02. The maximum absolute atomic E-state index is 13.2. The maximum Gasteiger partial charge on any atom is 0.317 e. The Kier molecular flexibility index (Phi) is 5.50. The highest BCUT2D eigenvalue weighted by atomic mass is 35.5. The van der Waals surface area contributed by atoms with Gasteiger partial charge in [0.1, 0.15) is 11.0 Å². The quantitative estimate of drug-likeness (QED) is 0.733. The molecule has 1 saturated carbocycles. The number of halogens is 2. The zero-order valence-corrected chi connectivity index (χ0v) is 18.2. The van der Waals surface area contributed by atoms with Crippen LogP contribution in [0.25, 0.3) is 0 Å². The van der Waals surface area contributed by atoms with Gasteiger partial charge in [-0.3, -0.25) is 9.59 Å². The maximum atomic E-state index is 13.2. The van der Waals surface area contributed by atoms with Gasteiger partial charge in [-0.15, -0.1) is 0 Å². The number of amides is 1. The van der Waals surface area contributed by atoms with Gasteiger partial charge < -0.3 is 14.7 Å². The molecule has 1 aliphatic heterocycles. The van der Waals surface area contributed by atoms with Crippen LogP contribution in [0.2, 0.25) is 10.0 Å². The predicted octanol–water partition coefficient (Wildman–Crippen LogP) is 4.21. The van der Waals surface area contributed by atoms with Crippen LogP contribution < -0.4 is 0 Å². The SMILES string of the molecule is CN1C(=O)CC[C@]2(C(=O)OC(C)(C)C)CC[C@H](Cc3cc(Cl)cc(Cl)c3)[C@]12O. The van der Waals surface area contributed by atoms with E-state index >= 15 is 0 Å². The lowest BCUT2D eigenvalue weighted by Gasteiger charge is -2.52. The standard InChI is InChI=1S/C21H27Cl2NO4/c1-19(2,3)28-18(26)20-7-5-14(9-13-10-15(22)12-16(23)11-13)21(20,27)24(4)17(25)6-8-20/h10-12,14,27H,5-9H2,1-4H3/t14-,20+,21-/m1/s1. The second-order valence-electron chi connectivity index (χ2n) is 8.98. The van der Waals surface area contributed by atoms with Crippen molar-refractivity contribution in [3.63, 3.8) is 0 Å². The predicted molar refractivity (Wildman–Crippen MR) is 108 cm³/mol. The number of esters is 1. The first-order valence-electron chi connectivity index (χ1n) is 9.56. The largest absolute Gasteiger partial charge is 0.459 e. The molecule has 5 nitrogen and oxygen atoms in total. The number of hydrogen-bond donors (Lipinski definition) is 1. The molecule has 0 unspecified atom stereocenters. The number of aliphatic hydroxyl groups is 1. The molecule has 154 valence electrons. The van der Waals surface area contributed by atoms with Gasteiger partial charge in [0.05, 0.1) is 0 Å².